The van der Waals surface area contributed by atoms with E-state index in [1.807, 2.05) is 0 Å². The highest BCUT2D eigenvalue weighted by atomic mass is 15.1. The molecule has 2 heteroatoms. The normalized spacial score (nSPS) is 29.8. The van der Waals surface area contributed by atoms with Gasteiger partial charge in [-0.1, -0.05) is 40.5 Å². The van der Waals surface area contributed by atoms with Gasteiger partial charge in [-0.15, -0.1) is 0 Å². The van der Waals surface area contributed by atoms with Crippen molar-refractivity contribution in [3.63, 3.8) is 0 Å². The minimum absolute atomic E-state index is 0.763. The third-order valence-electron chi connectivity index (χ3n) is 4.53. The Kier molecular flexibility index (Phi) is 7.14. The van der Waals surface area contributed by atoms with Gasteiger partial charge in [-0.05, 0) is 37.8 Å². The first-order valence-corrected chi connectivity index (χ1v) is 7.64. The number of rotatable bonds is 7. The molecule has 1 aliphatic carbocycles. The Labute approximate surface area is 108 Å². The van der Waals surface area contributed by atoms with Gasteiger partial charge in [0.25, 0.3) is 0 Å². The van der Waals surface area contributed by atoms with E-state index in [1.165, 1.54) is 45.3 Å². The molecule has 0 radical (unpaired) electrons. The fraction of sp³-hybridized carbons (Fsp3) is 1.00. The molecule has 0 aromatic heterocycles. The van der Waals surface area contributed by atoms with Crippen LogP contribution in [0.15, 0.2) is 0 Å². The molecule has 0 aromatic rings. The Bertz CT molecular complexity index is 193. The summed E-state index contributed by atoms with van der Waals surface area (Å²) < 4.78 is 0. The van der Waals surface area contributed by atoms with E-state index in [4.69, 9.17) is 0 Å². The van der Waals surface area contributed by atoms with Crippen LogP contribution in [-0.4, -0.2) is 37.1 Å². The molecule has 0 aromatic carbocycles. The van der Waals surface area contributed by atoms with Gasteiger partial charge >= 0.3 is 0 Å². The van der Waals surface area contributed by atoms with Gasteiger partial charge in [0, 0.05) is 19.1 Å². The van der Waals surface area contributed by atoms with Crippen LogP contribution in [0.25, 0.3) is 0 Å². The maximum absolute atomic E-state index is 3.78. The van der Waals surface area contributed by atoms with E-state index in [1.54, 1.807) is 0 Å². The van der Waals surface area contributed by atoms with Gasteiger partial charge in [-0.2, -0.15) is 0 Å². The summed E-state index contributed by atoms with van der Waals surface area (Å²) in [5.41, 5.74) is 0. The van der Waals surface area contributed by atoms with Crippen LogP contribution in [0.4, 0.5) is 0 Å². The Morgan fingerprint density at radius 1 is 1.12 bits per heavy atom. The van der Waals surface area contributed by atoms with E-state index in [9.17, 15) is 0 Å². The summed E-state index contributed by atoms with van der Waals surface area (Å²) >= 11 is 0. The van der Waals surface area contributed by atoms with Crippen molar-refractivity contribution in [2.24, 2.45) is 11.8 Å². The van der Waals surface area contributed by atoms with Gasteiger partial charge in [0.15, 0.2) is 0 Å². The molecular weight excluding hydrogens is 208 g/mol. The van der Waals surface area contributed by atoms with Crippen molar-refractivity contribution in [3.8, 4) is 0 Å². The molecule has 1 N–H and O–H groups in total. The van der Waals surface area contributed by atoms with Crippen molar-refractivity contribution in [3.05, 3.63) is 0 Å². The second-order valence-electron chi connectivity index (χ2n) is 5.76. The molecule has 0 bridgehead atoms. The number of hydrogen-bond donors (Lipinski definition) is 1. The molecule has 3 unspecified atom stereocenters. The summed E-state index contributed by atoms with van der Waals surface area (Å²) in [6.07, 6.45) is 5.49. The molecule has 0 saturated heterocycles. The molecule has 102 valence electrons. The molecular formula is C15H32N2. The molecule has 2 nitrogen and oxygen atoms in total. The van der Waals surface area contributed by atoms with Crippen molar-refractivity contribution in [1.29, 1.82) is 0 Å². The highest BCUT2D eigenvalue weighted by molar-refractivity contribution is 4.82. The third kappa shape index (κ3) is 4.97. The minimum atomic E-state index is 0.763. The molecule has 1 rings (SSSR count). The van der Waals surface area contributed by atoms with E-state index >= 15 is 0 Å². The maximum Gasteiger partial charge on any atom is 0.0107 e. The third-order valence-corrected chi connectivity index (χ3v) is 4.53. The minimum Gasteiger partial charge on any atom is -0.312 e. The van der Waals surface area contributed by atoms with Crippen LogP contribution >= 0.6 is 0 Å². The Morgan fingerprint density at radius 2 is 1.88 bits per heavy atom. The largest absolute Gasteiger partial charge is 0.312 e. The summed E-state index contributed by atoms with van der Waals surface area (Å²) in [6, 6.07) is 0.763. The molecule has 0 spiro atoms. The molecule has 0 heterocycles. The van der Waals surface area contributed by atoms with Crippen LogP contribution in [-0.2, 0) is 0 Å². The molecule has 1 aliphatic rings. The highest BCUT2D eigenvalue weighted by Gasteiger charge is 2.26. The fourth-order valence-corrected chi connectivity index (χ4v) is 3.02. The Morgan fingerprint density at radius 3 is 2.53 bits per heavy atom. The second kappa shape index (κ2) is 8.10. The topological polar surface area (TPSA) is 15.3 Å². The molecule has 17 heavy (non-hydrogen) atoms. The smallest absolute Gasteiger partial charge is 0.0107 e. The number of hydrogen-bond acceptors (Lipinski definition) is 2. The number of likely N-dealkylation sites (N-methyl/N-ethyl adjacent to an activating group) is 1. The SMILES string of the molecule is CCCN(CC)CCNC1CCCC(C)C1C. The van der Waals surface area contributed by atoms with Crippen LogP contribution < -0.4 is 5.32 Å². The quantitative estimate of drug-likeness (QED) is 0.735. The van der Waals surface area contributed by atoms with Crippen LogP contribution in [0.1, 0.15) is 53.4 Å². The molecule has 0 aliphatic heterocycles. The van der Waals surface area contributed by atoms with Gasteiger partial charge in [-0.25, -0.2) is 0 Å². The lowest BCUT2D eigenvalue weighted by Gasteiger charge is -2.35. The molecule has 3 atom stereocenters. The fourth-order valence-electron chi connectivity index (χ4n) is 3.02. The summed E-state index contributed by atoms with van der Waals surface area (Å²) in [5.74, 6) is 1.75. The Hall–Kier alpha value is -0.0800. The zero-order valence-electron chi connectivity index (χ0n) is 12.3. The lowest BCUT2D eigenvalue weighted by atomic mass is 9.78. The first-order valence-electron chi connectivity index (χ1n) is 7.64. The van der Waals surface area contributed by atoms with Crippen molar-refractivity contribution in [1.82, 2.24) is 10.2 Å². The van der Waals surface area contributed by atoms with Crippen molar-refractivity contribution >= 4 is 0 Å². The average molecular weight is 240 g/mol. The van der Waals surface area contributed by atoms with Gasteiger partial charge < -0.3 is 10.2 Å². The predicted octanol–water partition coefficient (Wildman–Crippen LogP) is 3.13. The number of nitrogens with one attached hydrogen (secondary N) is 1. The Balaban J connectivity index is 2.20. The van der Waals surface area contributed by atoms with Crippen LogP contribution in [0.3, 0.4) is 0 Å². The van der Waals surface area contributed by atoms with E-state index in [0.29, 0.717) is 0 Å². The molecule has 0 amide bonds. The standard InChI is InChI=1S/C15H32N2/c1-5-11-17(6-2)12-10-16-15-9-7-8-13(3)14(15)4/h13-16H,5-12H2,1-4H3. The van der Waals surface area contributed by atoms with Crippen LogP contribution in [0.5, 0.6) is 0 Å². The first kappa shape index (κ1) is 15.0. The lowest BCUT2D eigenvalue weighted by molar-refractivity contribution is 0.197. The van der Waals surface area contributed by atoms with Gasteiger partial charge in [0.2, 0.25) is 0 Å². The van der Waals surface area contributed by atoms with E-state index in [-0.39, 0.29) is 0 Å². The summed E-state index contributed by atoms with van der Waals surface area (Å²) in [5, 5.41) is 3.78. The average Bonchev–Trinajstić information content (AvgIpc) is 2.33. The zero-order valence-corrected chi connectivity index (χ0v) is 12.3. The highest BCUT2D eigenvalue weighted by Crippen LogP contribution is 2.29. The van der Waals surface area contributed by atoms with Crippen molar-refractivity contribution in [2.45, 2.75) is 59.4 Å². The summed E-state index contributed by atoms with van der Waals surface area (Å²) in [7, 11) is 0. The maximum atomic E-state index is 3.78. The monoisotopic (exact) mass is 240 g/mol. The first-order chi connectivity index (χ1) is 8.19. The van der Waals surface area contributed by atoms with Crippen LogP contribution in [0.2, 0.25) is 0 Å². The molecule has 1 fully saturated rings. The van der Waals surface area contributed by atoms with Gasteiger partial charge in [0.05, 0.1) is 0 Å². The van der Waals surface area contributed by atoms with Crippen molar-refractivity contribution < 1.29 is 0 Å². The van der Waals surface area contributed by atoms with Gasteiger partial charge in [0.1, 0.15) is 0 Å². The molecule has 1 saturated carbocycles. The number of nitrogens with zero attached hydrogens (tertiary/aromatic N) is 1. The van der Waals surface area contributed by atoms with Crippen molar-refractivity contribution in [2.75, 3.05) is 26.2 Å². The zero-order chi connectivity index (χ0) is 12.7. The predicted molar refractivity (Wildman–Crippen MR) is 76.4 cm³/mol. The van der Waals surface area contributed by atoms with E-state index in [0.717, 1.165) is 24.4 Å². The second-order valence-corrected chi connectivity index (χ2v) is 5.76. The lowest BCUT2D eigenvalue weighted by Crippen LogP contribution is -2.44. The van der Waals surface area contributed by atoms with E-state index < -0.39 is 0 Å². The van der Waals surface area contributed by atoms with E-state index in [2.05, 4.69) is 37.9 Å². The van der Waals surface area contributed by atoms with Crippen LogP contribution in [0, 0.1) is 11.8 Å². The summed E-state index contributed by atoms with van der Waals surface area (Å²) in [4.78, 5) is 2.55. The van der Waals surface area contributed by atoms with Gasteiger partial charge in [-0.3, -0.25) is 0 Å². The summed E-state index contributed by atoms with van der Waals surface area (Å²) in [6.45, 7) is 14.2.